The van der Waals surface area contributed by atoms with E-state index in [4.69, 9.17) is 0 Å². The predicted molar refractivity (Wildman–Crippen MR) is 34.4 cm³/mol. The van der Waals surface area contributed by atoms with Crippen LogP contribution in [0.4, 0.5) is 0 Å². The number of aliphatic imine (C=N–C) groups is 1. The largest absolute Gasteiger partial charge is 0.370 e. The number of hydrogen-bond acceptors (Lipinski definition) is 5. The Balaban J connectivity index is 2.32. The summed E-state index contributed by atoms with van der Waals surface area (Å²) in [5, 5.41) is 19.2. The third-order valence-electron chi connectivity index (χ3n) is 1.44. The van der Waals surface area contributed by atoms with Gasteiger partial charge in [0, 0.05) is 5.57 Å². The Hall–Kier alpha value is -1.23. The molecule has 0 aromatic rings. The summed E-state index contributed by atoms with van der Waals surface area (Å²) in [6, 6.07) is 0. The molecule has 0 spiro atoms. The first-order valence-corrected chi connectivity index (χ1v) is 2.93. The van der Waals surface area contributed by atoms with Crippen molar-refractivity contribution in [1.29, 1.82) is 0 Å². The number of rotatable bonds is 0. The van der Waals surface area contributed by atoms with Gasteiger partial charge < -0.3 is 10.4 Å². The zero-order valence-corrected chi connectivity index (χ0v) is 5.10. The highest BCUT2D eigenvalue weighted by Crippen LogP contribution is 2.19. The maximum atomic E-state index is 9.19. The summed E-state index contributed by atoms with van der Waals surface area (Å²) in [6.07, 6.45) is 2.02. The van der Waals surface area contributed by atoms with Crippen molar-refractivity contribution in [2.24, 2.45) is 15.2 Å². The standard InChI is InChI=1S/C5H6N4O/c10-5-3-1-8-9-4(3)6-2-7-5/h1-2,4-5,10H,(H,6,7). The summed E-state index contributed by atoms with van der Waals surface area (Å²) in [5.41, 5.74) is 0.711. The van der Waals surface area contributed by atoms with E-state index in [9.17, 15) is 5.11 Å². The van der Waals surface area contributed by atoms with E-state index in [1.807, 2.05) is 0 Å². The molecule has 2 unspecified atom stereocenters. The Bertz CT molecular complexity index is 232. The van der Waals surface area contributed by atoms with Gasteiger partial charge in [0.1, 0.15) is 0 Å². The molecule has 0 aliphatic carbocycles. The van der Waals surface area contributed by atoms with Crippen LogP contribution in [0.1, 0.15) is 0 Å². The third kappa shape index (κ3) is 0.640. The van der Waals surface area contributed by atoms with E-state index >= 15 is 0 Å². The van der Waals surface area contributed by atoms with Crippen LogP contribution in [0.15, 0.2) is 27.0 Å². The molecule has 2 atom stereocenters. The van der Waals surface area contributed by atoms with Crippen molar-refractivity contribution in [3.63, 3.8) is 0 Å². The van der Waals surface area contributed by atoms with E-state index in [1.165, 1.54) is 12.5 Å². The van der Waals surface area contributed by atoms with Crippen LogP contribution in [0.5, 0.6) is 0 Å². The monoisotopic (exact) mass is 138 g/mol. The van der Waals surface area contributed by atoms with Gasteiger partial charge in [-0.3, -0.25) is 0 Å². The average molecular weight is 138 g/mol. The van der Waals surface area contributed by atoms with Crippen LogP contribution in [0.2, 0.25) is 0 Å². The molecule has 0 bridgehead atoms. The maximum Gasteiger partial charge on any atom is 0.189 e. The molecule has 2 N–H and O–H groups in total. The van der Waals surface area contributed by atoms with Crippen LogP contribution in [-0.4, -0.2) is 23.8 Å². The second-order valence-electron chi connectivity index (χ2n) is 2.08. The molecule has 10 heavy (non-hydrogen) atoms. The minimum Gasteiger partial charge on any atom is -0.370 e. The maximum absolute atomic E-state index is 9.19. The predicted octanol–water partition coefficient (Wildman–Crippen LogP) is -0.388. The molecule has 0 radical (unpaired) electrons. The van der Waals surface area contributed by atoms with E-state index in [-0.39, 0.29) is 6.17 Å². The van der Waals surface area contributed by atoms with Crippen molar-refractivity contribution < 1.29 is 5.11 Å². The van der Waals surface area contributed by atoms with Crippen LogP contribution in [0.25, 0.3) is 0 Å². The number of aliphatic hydroxyl groups is 1. The Morgan fingerprint density at radius 3 is 3.30 bits per heavy atom. The molecule has 0 saturated heterocycles. The van der Waals surface area contributed by atoms with Gasteiger partial charge in [0.2, 0.25) is 0 Å². The van der Waals surface area contributed by atoms with Gasteiger partial charge in [-0.15, -0.1) is 0 Å². The summed E-state index contributed by atoms with van der Waals surface area (Å²) in [5.74, 6) is 0. The fourth-order valence-corrected chi connectivity index (χ4v) is 0.905. The molecule has 0 amide bonds. The molecule has 52 valence electrons. The van der Waals surface area contributed by atoms with E-state index in [0.717, 1.165) is 0 Å². The molecule has 0 aromatic carbocycles. The summed E-state index contributed by atoms with van der Waals surface area (Å²) in [4.78, 5) is 3.92. The fourth-order valence-electron chi connectivity index (χ4n) is 0.905. The highest BCUT2D eigenvalue weighted by Gasteiger charge is 2.25. The second kappa shape index (κ2) is 1.88. The van der Waals surface area contributed by atoms with Crippen LogP contribution in [0, 0.1) is 0 Å². The first kappa shape index (κ1) is 5.55. The molecule has 2 aliphatic heterocycles. The molecule has 5 nitrogen and oxygen atoms in total. The highest BCUT2D eigenvalue weighted by molar-refractivity contribution is 5.58. The summed E-state index contributed by atoms with van der Waals surface area (Å²) in [7, 11) is 0. The normalized spacial score (nSPS) is 35.1. The number of aliphatic hydroxyl groups excluding tert-OH is 1. The zero-order chi connectivity index (χ0) is 6.97. The van der Waals surface area contributed by atoms with Crippen molar-refractivity contribution in [1.82, 2.24) is 5.32 Å². The molecule has 0 saturated carbocycles. The Labute approximate surface area is 57.2 Å². The third-order valence-corrected chi connectivity index (χ3v) is 1.44. The molecule has 0 fully saturated rings. The van der Waals surface area contributed by atoms with Gasteiger partial charge in [0.25, 0.3) is 0 Å². The smallest absolute Gasteiger partial charge is 0.189 e. The van der Waals surface area contributed by atoms with E-state index in [1.54, 1.807) is 0 Å². The lowest BCUT2D eigenvalue weighted by Gasteiger charge is -2.18. The van der Waals surface area contributed by atoms with Crippen LogP contribution >= 0.6 is 0 Å². The van der Waals surface area contributed by atoms with Gasteiger partial charge in [-0.1, -0.05) is 0 Å². The first-order chi connectivity index (χ1) is 4.88. The van der Waals surface area contributed by atoms with E-state index < -0.39 is 6.23 Å². The number of nitrogens with zero attached hydrogens (tertiary/aromatic N) is 3. The average Bonchev–Trinajstić information content (AvgIpc) is 2.36. The summed E-state index contributed by atoms with van der Waals surface area (Å²) < 4.78 is 0. The number of hydrogen-bond donors (Lipinski definition) is 2. The van der Waals surface area contributed by atoms with Crippen LogP contribution < -0.4 is 5.32 Å². The van der Waals surface area contributed by atoms with Crippen LogP contribution in [-0.2, 0) is 0 Å². The van der Waals surface area contributed by atoms with Gasteiger partial charge in [0.05, 0.1) is 12.5 Å². The lowest BCUT2D eigenvalue weighted by Crippen LogP contribution is -2.36. The van der Waals surface area contributed by atoms with E-state index in [2.05, 4.69) is 20.5 Å². The summed E-state index contributed by atoms with van der Waals surface area (Å²) in [6.45, 7) is 0. The molecule has 5 heteroatoms. The molecular formula is C5H6N4O. The van der Waals surface area contributed by atoms with Gasteiger partial charge in [-0.05, 0) is 0 Å². The molecule has 2 heterocycles. The topological polar surface area (TPSA) is 69.3 Å². The molecule has 0 aromatic heterocycles. The van der Waals surface area contributed by atoms with Gasteiger partial charge in [-0.2, -0.15) is 10.2 Å². The summed E-state index contributed by atoms with van der Waals surface area (Å²) >= 11 is 0. The lowest BCUT2D eigenvalue weighted by atomic mass is 10.2. The number of azo groups is 1. The fraction of sp³-hybridized carbons (Fsp3) is 0.400. The SMILES string of the molecule is OC1NC=NC2N=NC=C21. The number of fused-ring (bicyclic) bond motifs is 1. The first-order valence-electron chi connectivity index (χ1n) is 2.93. The van der Waals surface area contributed by atoms with Gasteiger partial charge >= 0.3 is 0 Å². The lowest BCUT2D eigenvalue weighted by molar-refractivity contribution is 0.187. The van der Waals surface area contributed by atoms with Crippen molar-refractivity contribution in [3.05, 3.63) is 11.8 Å². The Morgan fingerprint density at radius 2 is 2.50 bits per heavy atom. The molecule has 2 aliphatic rings. The highest BCUT2D eigenvalue weighted by atomic mass is 16.3. The Kier molecular flexibility index (Phi) is 1.04. The van der Waals surface area contributed by atoms with Crippen molar-refractivity contribution in [3.8, 4) is 0 Å². The molecule has 2 rings (SSSR count). The zero-order valence-electron chi connectivity index (χ0n) is 5.10. The van der Waals surface area contributed by atoms with Crippen molar-refractivity contribution >= 4 is 6.34 Å². The minimum absolute atomic E-state index is 0.281. The Morgan fingerprint density at radius 1 is 1.60 bits per heavy atom. The number of nitrogens with one attached hydrogen (secondary N) is 1. The minimum atomic E-state index is -0.669. The van der Waals surface area contributed by atoms with E-state index in [0.29, 0.717) is 5.57 Å². The van der Waals surface area contributed by atoms with Crippen molar-refractivity contribution in [2.75, 3.05) is 0 Å². The molecular weight excluding hydrogens is 132 g/mol. The van der Waals surface area contributed by atoms with Gasteiger partial charge in [0.15, 0.2) is 12.4 Å². The quantitative estimate of drug-likeness (QED) is 0.478. The van der Waals surface area contributed by atoms with Gasteiger partial charge in [-0.25, -0.2) is 4.99 Å². The van der Waals surface area contributed by atoms with Crippen molar-refractivity contribution in [2.45, 2.75) is 12.4 Å². The van der Waals surface area contributed by atoms with Crippen LogP contribution in [0.3, 0.4) is 0 Å². The second-order valence-corrected chi connectivity index (χ2v) is 2.08.